The van der Waals surface area contributed by atoms with Gasteiger partial charge in [-0.3, -0.25) is 9.59 Å². The molecule has 1 aromatic carbocycles. The zero-order valence-corrected chi connectivity index (χ0v) is 19.8. The van der Waals surface area contributed by atoms with Crippen molar-refractivity contribution in [3.63, 3.8) is 0 Å². The average Bonchev–Trinajstić information content (AvgIpc) is 2.98. The molecule has 0 bridgehead atoms. The van der Waals surface area contributed by atoms with E-state index in [1.165, 1.54) is 18.2 Å². The van der Waals surface area contributed by atoms with E-state index in [9.17, 15) is 24.2 Å². The van der Waals surface area contributed by atoms with Gasteiger partial charge in [-0.1, -0.05) is 24.6 Å². The van der Waals surface area contributed by atoms with Gasteiger partial charge >= 0.3 is 0 Å². The SMILES string of the molecule is C[C@]1(CO)CCN(CCCN2CCN(C(=O)/C=C/c3ccc(F)c(Cl)c3)CCC2=O)C[C@@H]1O. The summed E-state index contributed by atoms with van der Waals surface area (Å²) in [5.74, 6) is -0.670. The van der Waals surface area contributed by atoms with E-state index < -0.39 is 17.3 Å². The number of aliphatic hydroxyl groups excluding tert-OH is 2. The second-order valence-electron chi connectivity index (χ2n) is 9.20. The van der Waals surface area contributed by atoms with Crippen molar-refractivity contribution in [2.45, 2.75) is 32.3 Å². The third-order valence-corrected chi connectivity index (χ3v) is 7.05. The number of amides is 2. The molecule has 182 valence electrons. The van der Waals surface area contributed by atoms with Crippen LogP contribution in [0.25, 0.3) is 6.08 Å². The van der Waals surface area contributed by atoms with E-state index in [2.05, 4.69) is 4.90 Å². The van der Waals surface area contributed by atoms with Gasteiger partial charge in [-0.05, 0) is 49.7 Å². The maximum absolute atomic E-state index is 13.3. The molecule has 2 aliphatic heterocycles. The molecule has 0 saturated carbocycles. The summed E-state index contributed by atoms with van der Waals surface area (Å²) in [5.41, 5.74) is 0.189. The fraction of sp³-hybridized carbons (Fsp3) is 0.583. The summed E-state index contributed by atoms with van der Waals surface area (Å²) in [6.45, 7) is 5.90. The van der Waals surface area contributed by atoms with Crippen molar-refractivity contribution >= 4 is 29.5 Å². The first-order chi connectivity index (χ1) is 15.7. The van der Waals surface area contributed by atoms with E-state index >= 15 is 0 Å². The highest BCUT2D eigenvalue weighted by Gasteiger charge is 2.37. The van der Waals surface area contributed by atoms with Gasteiger partial charge in [0, 0.05) is 50.6 Å². The van der Waals surface area contributed by atoms with Crippen molar-refractivity contribution in [3.8, 4) is 0 Å². The Labute approximate surface area is 199 Å². The highest BCUT2D eigenvalue weighted by Crippen LogP contribution is 2.30. The second-order valence-corrected chi connectivity index (χ2v) is 9.60. The summed E-state index contributed by atoms with van der Waals surface area (Å²) in [6, 6.07) is 4.26. The number of rotatable bonds is 7. The third kappa shape index (κ3) is 6.76. The topological polar surface area (TPSA) is 84.3 Å². The third-order valence-electron chi connectivity index (χ3n) is 6.76. The van der Waals surface area contributed by atoms with Crippen molar-refractivity contribution in [2.24, 2.45) is 5.41 Å². The highest BCUT2D eigenvalue weighted by atomic mass is 35.5. The lowest BCUT2D eigenvalue weighted by atomic mass is 9.79. The van der Waals surface area contributed by atoms with Crippen molar-refractivity contribution in [1.29, 1.82) is 0 Å². The van der Waals surface area contributed by atoms with Crippen molar-refractivity contribution in [2.75, 3.05) is 52.4 Å². The molecule has 2 amide bonds. The van der Waals surface area contributed by atoms with Crippen LogP contribution in [0.5, 0.6) is 0 Å². The Kier molecular flexibility index (Phi) is 8.87. The zero-order chi connectivity index (χ0) is 24.0. The van der Waals surface area contributed by atoms with Gasteiger partial charge in [0.1, 0.15) is 5.82 Å². The lowest BCUT2D eigenvalue weighted by Gasteiger charge is -2.42. The predicted octanol–water partition coefficient (Wildman–Crippen LogP) is 2.01. The molecule has 2 aliphatic rings. The van der Waals surface area contributed by atoms with Crippen LogP contribution < -0.4 is 0 Å². The van der Waals surface area contributed by atoms with Crippen molar-refractivity contribution < 1.29 is 24.2 Å². The van der Waals surface area contributed by atoms with Gasteiger partial charge in [-0.2, -0.15) is 0 Å². The molecule has 2 N–H and O–H groups in total. The number of likely N-dealkylation sites (tertiary alicyclic amines) is 1. The standard InChI is InChI=1S/C24H33ClFN3O4/c1-24(17-30)8-12-27(16-21(24)31)9-2-10-28-13-14-29(11-7-23(28)33)22(32)6-4-18-3-5-20(26)19(25)15-18/h3-6,15,21,30-31H,2,7-14,16-17H2,1H3/b6-4+/t21-,24+/m0/s1. The molecule has 0 radical (unpaired) electrons. The number of hydrogen-bond donors (Lipinski definition) is 2. The Morgan fingerprint density at radius 1 is 1.27 bits per heavy atom. The minimum absolute atomic E-state index is 0.00193. The minimum atomic E-state index is -0.561. The molecule has 9 heteroatoms. The number of carbonyl (C=O) groups is 2. The first-order valence-electron chi connectivity index (χ1n) is 11.4. The quantitative estimate of drug-likeness (QED) is 0.582. The van der Waals surface area contributed by atoms with Gasteiger partial charge in [0.2, 0.25) is 11.8 Å². The summed E-state index contributed by atoms with van der Waals surface area (Å²) in [7, 11) is 0. The van der Waals surface area contributed by atoms with E-state index in [-0.39, 0.29) is 29.9 Å². The Bertz CT molecular complexity index is 883. The zero-order valence-electron chi connectivity index (χ0n) is 19.1. The number of aliphatic hydroxyl groups is 2. The molecular weight excluding hydrogens is 449 g/mol. The average molecular weight is 482 g/mol. The monoisotopic (exact) mass is 481 g/mol. The van der Waals surface area contributed by atoms with Crippen LogP contribution in [0.3, 0.4) is 0 Å². The van der Waals surface area contributed by atoms with Gasteiger partial charge < -0.3 is 24.9 Å². The van der Waals surface area contributed by atoms with Crippen LogP contribution in [0.15, 0.2) is 24.3 Å². The van der Waals surface area contributed by atoms with Crippen LogP contribution in [0.1, 0.15) is 31.7 Å². The molecule has 2 saturated heterocycles. The van der Waals surface area contributed by atoms with Crippen molar-refractivity contribution in [3.05, 3.63) is 40.7 Å². The Morgan fingerprint density at radius 2 is 2.06 bits per heavy atom. The fourth-order valence-corrected chi connectivity index (χ4v) is 4.41. The first kappa shape index (κ1) is 25.6. The largest absolute Gasteiger partial charge is 0.396 e. The molecule has 2 fully saturated rings. The van der Waals surface area contributed by atoms with E-state index in [4.69, 9.17) is 11.6 Å². The number of benzene rings is 1. The molecule has 0 spiro atoms. The maximum Gasteiger partial charge on any atom is 0.246 e. The smallest absolute Gasteiger partial charge is 0.246 e. The van der Waals surface area contributed by atoms with Crippen LogP contribution in [0, 0.1) is 11.2 Å². The van der Waals surface area contributed by atoms with Crippen LogP contribution in [-0.2, 0) is 9.59 Å². The molecule has 7 nitrogen and oxygen atoms in total. The lowest BCUT2D eigenvalue weighted by molar-refractivity contribution is -0.130. The Hall–Kier alpha value is -2.00. The molecule has 0 unspecified atom stereocenters. The molecule has 33 heavy (non-hydrogen) atoms. The summed E-state index contributed by atoms with van der Waals surface area (Å²) < 4.78 is 13.3. The van der Waals surface area contributed by atoms with Crippen LogP contribution >= 0.6 is 11.6 Å². The first-order valence-corrected chi connectivity index (χ1v) is 11.8. The lowest BCUT2D eigenvalue weighted by Crippen LogP contribution is -2.51. The number of nitrogens with zero attached hydrogens (tertiary/aromatic N) is 3. The van der Waals surface area contributed by atoms with E-state index in [0.29, 0.717) is 38.3 Å². The Morgan fingerprint density at radius 3 is 2.76 bits per heavy atom. The van der Waals surface area contributed by atoms with Gasteiger partial charge in [0.05, 0.1) is 17.7 Å². The summed E-state index contributed by atoms with van der Waals surface area (Å²) in [5, 5.41) is 19.8. The number of halogens is 2. The predicted molar refractivity (Wildman–Crippen MR) is 125 cm³/mol. The number of piperidine rings is 1. The molecule has 0 aliphatic carbocycles. The molecule has 2 atom stereocenters. The van der Waals surface area contributed by atoms with Gasteiger partial charge in [-0.25, -0.2) is 4.39 Å². The number of β-amino-alcohol motifs (C(OH)–C–C–N with tert-alkyl or cyclic N) is 1. The second kappa shape index (κ2) is 11.4. The molecule has 2 heterocycles. The minimum Gasteiger partial charge on any atom is -0.396 e. The molecule has 0 aromatic heterocycles. The van der Waals surface area contributed by atoms with Crippen LogP contribution in [0.2, 0.25) is 5.02 Å². The van der Waals surface area contributed by atoms with Gasteiger partial charge in [0.15, 0.2) is 0 Å². The van der Waals surface area contributed by atoms with Gasteiger partial charge in [0.25, 0.3) is 0 Å². The van der Waals surface area contributed by atoms with Crippen LogP contribution in [0.4, 0.5) is 4.39 Å². The fourth-order valence-electron chi connectivity index (χ4n) is 4.22. The number of carbonyl (C=O) groups excluding carboxylic acids is 2. The molecule has 1 aromatic rings. The molecule has 3 rings (SSSR count). The van der Waals surface area contributed by atoms with E-state index in [1.807, 2.05) is 6.92 Å². The Balaban J connectivity index is 1.45. The van der Waals surface area contributed by atoms with Crippen LogP contribution in [-0.4, -0.2) is 95.3 Å². The normalized spacial score (nSPS) is 25.0. The maximum atomic E-state index is 13.3. The molecular formula is C24H33ClFN3O4. The summed E-state index contributed by atoms with van der Waals surface area (Å²) in [6.07, 6.45) is 4.25. The highest BCUT2D eigenvalue weighted by molar-refractivity contribution is 6.30. The summed E-state index contributed by atoms with van der Waals surface area (Å²) >= 11 is 5.78. The van der Waals surface area contributed by atoms with Crippen molar-refractivity contribution in [1.82, 2.24) is 14.7 Å². The van der Waals surface area contributed by atoms with E-state index in [1.54, 1.807) is 21.9 Å². The van der Waals surface area contributed by atoms with Gasteiger partial charge in [-0.15, -0.1) is 0 Å². The van der Waals surface area contributed by atoms with E-state index in [0.717, 1.165) is 25.9 Å². The number of hydrogen-bond acceptors (Lipinski definition) is 5. The summed E-state index contributed by atoms with van der Waals surface area (Å²) in [4.78, 5) is 30.7.